The van der Waals surface area contributed by atoms with Gasteiger partial charge in [0.05, 0.1) is 11.2 Å². The third-order valence-electron chi connectivity index (χ3n) is 2.92. The summed E-state index contributed by atoms with van der Waals surface area (Å²) in [5.74, 6) is 0.255. The van der Waals surface area contributed by atoms with Gasteiger partial charge in [0.2, 0.25) is 0 Å². The van der Waals surface area contributed by atoms with Gasteiger partial charge < -0.3 is 4.98 Å². The third-order valence-corrected chi connectivity index (χ3v) is 3.23. The Balaban J connectivity index is 2.15. The van der Waals surface area contributed by atoms with Gasteiger partial charge in [-0.3, -0.25) is 0 Å². The van der Waals surface area contributed by atoms with E-state index in [9.17, 15) is 4.39 Å². The van der Waals surface area contributed by atoms with Gasteiger partial charge in [0.15, 0.2) is 5.65 Å². The lowest BCUT2D eigenvalue weighted by molar-refractivity contribution is 0.547. The van der Waals surface area contributed by atoms with Gasteiger partial charge in [-0.1, -0.05) is 11.6 Å². The van der Waals surface area contributed by atoms with E-state index in [1.54, 1.807) is 12.3 Å². The van der Waals surface area contributed by atoms with Crippen LogP contribution in [0.25, 0.3) is 22.6 Å². The molecule has 6 heteroatoms. The molecule has 0 unspecified atom stereocenters. The third kappa shape index (κ3) is 2.00. The molecule has 0 fully saturated rings. The van der Waals surface area contributed by atoms with E-state index in [1.807, 2.05) is 18.5 Å². The van der Waals surface area contributed by atoms with Crippen LogP contribution in [-0.2, 0) is 0 Å². The SMILES string of the molecule is CC(C)n1ncc2[nH]c(-c3ccc(F)cc3Cl)nc21. The van der Waals surface area contributed by atoms with E-state index < -0.39 is 0 Å². The fraction of sp³-hybridized carbons (Fsp3) is 0.231. The highest BCUT2D eigenvalue weighted by Gasteiger charge is 2.14. The van der Waals surface area contributed by atoms with Crippen molar-refractivity contribution in [2.24, 2.45) is 0 Å². The summed E-state index contributed by atoms with van der Waals surface area (Å²) in [4.78, 5) is 7.64. The Kier molecular flexibility index (Phi) is 2.78. The number of rotatable bonds is 2. The first-order chi connectivity index (χ1) is 9.06. The lowest BCUT2D eigenvalue weighted by atomic mass is 10.2. The number of hydrogen-bond donors (Lipinski definition) is 1. The van der Waals surface area contributed by atoms with Crippen molar-refractivity contribution in [2.45, 2.75) is 19.9 Å². The maximum atomic E-state index is 13.0. The van der Waals surface area contributed by atoms with Crippen LogP contribution in [-0.4, -0.2) is 19.7 Å². The second-order valence-electron chi connectivity index (χ2n) is 4.63. The smallest absolute Gasteiger partial charge is 0.176 e. The van der Waals surface area contributed by atoms with E-state index in [4.69, 9.17) is 11.6 Å². The number of nitrogens with one attached hydrogen (secondary N) is 1. The van der Waals surface area contributed by atoms with Crippen molar-refractivity contribution < 1.29 is 4.39 Å². The van der Waals surface area contributed by atoms with Crippen molar-refractivity contribution in [2.75, 3.05) is 0 Å². The largest absolute Gasteiger partial charge is 0.335 e. The topological polar surface area (TPSA) is 46.5 Å². The Hall–Kier alpha value is -1.88. The molecule has 1 aromatic carbocycles. The molecule has 4 nitrogen and oxygen atoms in total. The molecule has 19 heavy (non-hydrogen) atoms. The molecule has 0 aliphatic rings. The van der Waals surface area contributed by atoms with Crippen LogP contribution in [0, 0.1) is 5.82 Å². The Bertz CT molecular complexity index is 744. The molecule has 0 atom stereocenters. The Morgan fingerprint density at radius 3 is 2.84 bits per heavy atom. The number of H-pyrrole nitrogens is 1. The molecule has 2 aromatic heterocycles. The summed E-state index contributed by atoms with van der Waals surface area (Å²) in [5, 5.41) is 4.59. The fourth-order valence-corrected chi connectivity index (χ4v) is 2.26. The molecule has 0 spiro atoms. The van der Waals surface area contributed by atoms with Gasteiger partial charge in [-0.05, 0) is 32.0 Å². The van der Waals surface area contributed by atoms with Crippen molar-refractivity contribution in [1.29, 1.82) is 0 Å². The Labute approximate surface area is 114 Å². The van der Waals surface area contributed by atoms with Crippen molar-refractivity contribution in [1.82, 2.24) is 19.7 Å². The fourth-order valence-electron chi connectivity index (χ4n) is 2.00. The van der Waals surface area contributed by atoms with Gasteiger partial charge in [0.25, 0.3) is 0 Å². The summed E-state index contributed by atoms with van der Waals surface area (Å²) >= 11 is 6.04. The van der Waals surface area contributed by atoms with Crippen LogP contribution in [0.4, 0.5) is 4.39 Å². The van der Waals surface area contributed by atoms with Crippen LogP contribution in [0.5, 0.6) is 0 Å². The summed E-state index contributed by atoms with van der Waals surface area (Å²) in [6.07, 6.45) is 1.73. The molecule has 98 valence electrons. The molecule has 0 saturated heterocycles. The highest BCUT2D eigenvalue weighted by molar-refractivity contribution is 6.33. The number of fused-ring (bicyclic) bond motifs is 1. The predicted octanol–water partition coefficient (Wildman–Crippen LogP) is 3.80. The number of halogens is 2. The van der Waals surface area contributed by atoms with Gasteiger partial charge in [-0.25, -0.2) is 14.1 Å². The molecule has 2 heterocycles. The summed E-state index contributed by atoms with van der Waals surface area (Å²) < 4.78 is 14.9. The summed E-state index contributed by atoms with van der Waals surface area (Å²) in [6, 6.07) is 4.47. The summed E-state index contributed by atoms with van der Waals surface area (Å²) in [6.45, 7) is 4.07. The van der Waals surface area contributed by atoms with Crippen LogP contribution < -0.4 is 0 Å². The molecule has 0 aliphatic carbocycles. The molecule has 1 N–H and O–H groups in total. The highest BCUT2D eigenvalue weighted by atomic mass is 35.5. The van der Waals surface area contributed by atoms with Crippen LogP contribution in [0.3, 0.4) is 0 Å². The molecular weight excluding hydrogens is 267 g/mol. The van der Waals surface area contributed by atoms with Crippen molar-refractivity contribution in [3.05, 3.63) is 35.2 Å². The first-order valence-corrected chi connectivity index (χ1v) is 6.32. The molecule has 3 aromatic rings. The lowest BCUT2D eigenvalue weighted by Crippen LogP contribution is -2.02. The van der Waals surface area contributed by atoms with Gasteiger partial charge in [0.1, 0.15) is 17.2 Å². The second-order valence-corrected chi connectivity index (χ2v) is 5.04. The second kappa shape index (κ2) is 4.35. The minimum absolute atomic E-state index is 0.220. The molecule has 0 radical (unpaired) electrons. The first kappa shape index (κ1) is 12.2. The van der Waals surface area contributed by atoms with Crippen LogP contribution >= 0.6 is 11.6 Å². The van der Waals surface area contributed by atoms with Gasteiger partial charge in [-0.2, -0.15) is 5.10 Å². The zero-order valence-electron chi connectivity index (χ0n) is 10.5. The van der Waals surface area contributed by atoms with Gasteiger partial charge >= 0.3 is 0 Å². The minimum Gasteiger partial charge on any atom is -0.335 e. The maximum Gasteiger partial charge on any atom is 0.176 e. The van der Waals surface area contributed by atoms with Crippen LogP contribution in [0.2, 0.25) is 5.02 Å². The summed E-state index contributed by atoms with van der Waals surface area (Å²) in [7, 11) is 0. The molecular formula is C13H12ClFN4. The highest BCUT2D eigenvalue weighted by Crippen LogP contribution is 2.28. The minimum atomic E-state index is -0.363. The van der Waals surface area contributed by atoms with E-state index in [0.29, 0.717) is 16.4 Å². The molecule has 0 saturated carbocycles. The number of aromatic nitrogens is 4. The average molecular weight is 279 g/mol. The zero-order valence-corrected chi connectivity index (χ0v) is 11.2. The molecule has 0 amide bonds. The van der Waals surface area contributed by atoms with E-state index in [-0.39, 0.29) is 11.9 Å². The molecule has 0 bridgehead atoms. The van der Waals surface area contributed by atoms with E-state index in [1.165, 1.54) is 12.1 Å². The zero-order chi connectivity index (χ0) is 13.6. The lowest BCUT2D eigenvalue weighted by Gasteiger charge is -2.04. The van der Waals surface area contributed by atoms with Crippen LogP contribution in [0.15, 0.2) is 24.4 Å². The molecule has 3 rings (SSSR count). The number of hydrogen-bond acceptors (Lipinski definition) is 2. The predicted molar refractivity (Wildman–Crippen MR) is 72.7 cm³/mol. The normalized spacial score (nSPS) is 11.6. The van der Waals surface area contributed by atoms with Gasteiger partial charge in [0, 0.05) is 11.6 Å². The van der Waals surface area contributed by atoms with E-state index in [0.717, 1.165) is 11.2 Å². The van der Waals surface area contributed by atoms with Crippen LogP contribution in [0.1, 0.15) is 19.9 Å². The standard InChI is InChI=1S/C13H12ClFN4/c1-7(2)19-13-11(6-16-19)17-12(18-13)9-4-3-8(15)5-10(9)14/h3-7H,1-2H3,(H,17,18). The van der Waals surface area contributed by atoms with E-state index >= 15 is 0 Å². The van der Waals surface area contributed by atoms with Gasteiger partial charge in [-0.15, -0.1) is 0 Å². The van der Waals surface area contributed by atoms with Crippen molar-refractivity contribution in [3.8, 4) is 11.4 Å². The first-order valence-electron chi connectivity index (χ1n) is 5.95. The van der Waals surface area contributed by atoms with Crippen molar-refractivity contribution in [3.63, 3.8) is 0 Å². The number of benzene rings is 1. The average Bonchev–Trinajstić information content (AvgIpc) is 2.87. The Morgan fingerprint density at radius 1 is 1.37 bits per heavy atom. The molecule has 0 aliphatic heterocycles. The maximum absolute atomic E-state index is 13.0. The Morgan fingerprint density at radius 2 is 2.16 bits per heavy atom. The number of aromatic amines is 1. The number of imidazole rings is 1. The van der Waals surface area contributed by atoms with Crippen molar-refractivity contribution >= 4 is 22.8 Å². The summed E-state index contributed by atoms with van der Waals surface area (Å²) in [5.41, 5.74) is 2.28. The monoisotopic (exact) mass is 278 g/mol. The van der Waals surface area contributed by atoms with E-state index in [2.05, 4.69) is 15.1 Å². The number of nitrogens with zero attached hydrogens (tertiary/aromatic N) is 3. The quantitative estimate of drug-likeness (QED) is 0.775.